The summed E-state index contributed by atoms with van der Waals surface area (Å²) in [4.78, 5) is 27.3. The number of para-hydroxylation sites is 1. The van der Waals surface area contributed by atoms with Crippen molar-refractivity contribution in [3.8, 4) is 16.9 Å². The summed E-state index contributed by atoms with van der Waals surface area (Å²) in [6.07, 6.45) is 3.42. The molecular formula is C36H44N2O5. The highest BCUT2D eigenvalue weighted by Crippen LogP contribution is 2.39. The van der Waals surface area contributed by atoms with Crippen LogP contribution >= 0.6 is 0 Å². The van der Waals surface area contributed by atoms with E-state index in [0.29, 0.717) is 18.4 Å². The number of esters is 1. The number of hydrogen-bond donors (Lipinski definition) is 1. The smallest absolute Gasteiger partial charge is 0.411 e. The molecule has 0 unspecified atom stereocenters. The van der Waals surface area contributed by atoms with E-state index in [1.54, 1.807) is 0 Å². The highest BCUT2D eigenvalue weighted by atomic mass is 16.6. The molecule has 7 heteroatoms. The predicted octanol–water partition coefficient (Wildman–Crippen LogP) is 7.36. The molecule has 1 saturated heterocycles. The maximum atomic E-state index is 12.8. The summed E-state index contributed by atoms with van der Waals surface area (Å²) in [7, 11) is 0. The van der Waals surface area contributed by atoms with E-state index in [1.807, 2.05) is 87.5 Å². The molecule has 1 aliphatic carbocycles. The molecule has 2 fully saturated rings. The normalized spacial score (nSPS) is 19.9. The summed E-state index contributed by atoms with van der Waals surface area (Å²) in [5.74, 6) is 1.67. The van der Waals surface area contributed by atoms with E-state index in [9.17, 15) is 9.59 Å². The van der Waals surface area contributed by atoms with Crippen LogP contribution < -0.4 is 10.1 Å². The van der Waals surface area contributed by atoms with Crippen molar-refractivity contribution >= 4 is 17.7 Å². The Morgan fingerprint density at radius 3 is 2.28 bits per heavy atom. The van der Waals surface area contributed by atoms with Crippen molar-refractivity contribution in [2.45, 2.75) is 64.6 Å². The minimum Gasteiger partial charge on any atom is -0.493 e. The number of hydrogen-bond acceptors (Lipinski definition) is 6. The Bertz CT molecular complexity index is 1340. The molecule has 0 bridgehead atoms. The molecule has 1 amide bonds. The van der Waals surface area contributed by atoms with Gasteiger partial charge in [-0.25, -0.2) is 4.79 Å². The molecular weight excluding hydrogens is 540 g/mol. The molecule has 228 valence electrons. The van der Waals surface area contributed by atoms with E-state index in [-0.39, 0.29) is 24.6 Å². The average molecular weight is 585 g/mol. The van der Waals surface area contributed by atoms with Gasteiger partial charge in [-0.1, -0.05) is 67.6 Å². The van der Waals surface area contributed by atoms with Crippen molar-refractivity contribution in [2.24, 2.45) is 11.8 Å². The number of fused-ring (bicyclic) bond motifs is 1. The van der Waals surface area contributed by atoms with Gasteiger partial charge in [0.1, 0.15) is 17.5 Å². The van der Waals surface area contributed by atoms with Crippen LogP contribution in [-0.4, -0.2) is 54.9 Å². The Morgan fingerprint density at radius 1 is 0.907 bits per heavy atom. The largest absolute Gasteiger partial charge is 0.493 e. The Hall–Kier alpha value is -3.84. The second kappa shape index (κ2) is 14.1. The summed E-state index contributed by atoms with van der Waals surface area (Å²) >= 11 is 0. The van der Waals surface area contributed by atoms with Crippen LogP contribution in [0.1, 0.15) is 52.0 Å². The monoisotopic (exact) mass is 584 g/mol. The van der Waals surface area contributed by atoms with Gasteiger partial charge in [-0.15, -0.1) is 0 Å². The van der Waals surface area contributed by atoms with E-state index in [1.165, 1.54) is 5.56 Å². The van der Waals surface area contributed by atoms with E-state index in [2.05, 4.69) is 22.3 Å². The summed E-state index contributed by atoms with van der Waals surface area (Å²) < 4.78 is 17.1. The fourth-order valence-electron chi connectivity index (χ4n) is 6.10. The molecule has 43 heavy (non-hydrogen) atoms. The number of likely N-dealkylation sites (tertiary alicyclic amines) is 1. The first kappa shape index (κ1) is 30.6. The fourth-order valence-corrected chi connectivity index (χ4v) is 6.10. The van der Waals surface area contributed by atoms with Gasteiger partial charge in [0.05, 0.1) is 18.7 Å². The van der Waals surface area contributed by atoms with Crippen molar-refractivity contribution in [2.75, 3.05) is 31.6 Å². The van der Waals surface area contributed by atoms with Crippen molar-refractivity contribution < 1.29 is 23.8 Å². The molecule has 3 atom stereocenters. The van der Waals surface area contributed by atoms with Crippen LogP contribution in [0.3, 0.4) is 0 Å². The van der Waals surface area contributed by atoms with Gasteiger partial charge in [0.25, 0.3) is 0 Å². The number of benzene rings is 3. The van der Waals surface area contributed by atoms with Crippen molar-refractivity contribution in [3.05, 3.63) is 84.4 Å². The number of amides is 1. The first-order valence-corrected chi connectivity index (χ1v) is 15.6. The van der Waals surface area contributed by atoms with Crippen LogP contribution in [0.25, 0.3) is 11.1 Å². The predicted molar refractivity (Wildman–Crippen MR) is 169 cm³/mol. The lowest BCUT2D eigenvalue weighted by atomic mass is 10.0. The number of anilines is 1. The molecule has 0 radical (unpaired) electrons. The minimum atomic E-state index is -0.436. The van der Waals surface area contributed by atoms with Gasteiger partial charge in [0, 0.05) is 25.2 Å². The van der Waals surface area contributed by atoms with Gasteiger partial charge in [-0.05, 0) is 80.7 Å². The highest BCUT2D eigenvalue weighted by molar-refractivity contribution is 5.91. The lowest BCUT2D eigenvalue weighted by Gasteiger charge is -2.23. The summed E-state index contributed by atoms with van der Waals surface area (Å²) in [6.45, 7) is 9.25. The highest BCUT2D eigenvalue weighted by Gasteiger charge is 2.42. The maximum Gasteiger partial charge on any atom is 0.411 e. The molecule has 0 spiro atoms. The third-order valence-electron chi connectivity index (χ3n) is 8.76. The first-order chi connectivity index (χ1) is 20.8. The number of carbonyl (C=O) groups is 2. The molecule has 3 aromatic rings. The van der Waals surface area contributed by atoms with Crippen LogP contribution in [0.15, 0.2) is 78.9 Å². The summed E-state index contributed by atoms with van der Waals surface area (Å²) in [5.41, 5.74) is 3.63. The van der Waals surface area contributed by atoms with Gasteiger partial charge in [-0.2, -0.15) is 0 Å². The number of rotatable bonds is 12. The zero-order chi connectivity index (χ0) is 30.2. The molecule has 7 nitrogen and oxygen atoms in total. The topological polar surface area (TPSA) is 77.1 Å². The molecule has 1 heterocycles. The second-order valence-corrected chi connectivity index (χ2v) is 12.4. The van der Waals surface area contributed by atoms with Crippen LogP contribution in [0, 0.1) is 11.8 Å². The van der Waals surface area contributed by atoms with Crippen LogP contribution in [0.2, 0.25) is 0 Å². The lowest BCUT2D eigenvalue weighted by Crippen LogP contribution is -2.27. The van der Waals surface area contributed by atoms with Crippen LogP contribution in [0.5, 0.6) is 5.75 Å². The zero-order valence-corrected chi connectivity index (χ0v) is 25.6. The van der Waals surface area contributed by atoms with Gasteiger partial charge >= 0.3 is 12.1 Å². The third-order valence-corrected chi connectivity index (χ3v) is 8.76. The summed E-state index contributed by atoms with van der Waals surface area (Å²) in [5, 5.41) is 2.98. The number of nitrogens with zero attached hydrogens (tertiary/aromatic N) is 1. The maximum absolute atomic E-state index is 12.8. The number of carbonyl (C=O) groups excluding carboxylic acids is 2. The number of nitrogens with one attached hydrogen (secondary N) is 1. The molecule has 3 aromatic carbocycles. The van der Waals surface area contributed by atoms with Gasteiger partial charge < -0.3 is 19.1 Å². The lowest BCUT2D eigenvalue weighted by molar-refractivity contribution is -0.157. The first-order valence-electron chi connectivity index (χ1n) is 15.6. The fraction of sp³-hybridized carbons (Fsp3) is 0.444. The van der Waals surface area contributed by atoms with Gasteiger partial charge in [0.2, 0.25) is 0 Å². The quantitative estimate of drug-likeness (QED) is 0.224. The second-order valence-electron chi connectivity index (χ2n) is 12.4. The Morgan fingerprint density at radius 2 is 1.58 bits per heavy atom. The number of ether oxygens (including phenoxy) is 3. The molecule has 1 aliphatic heterocycles. The van der Waals surface area contributed by atoms with Crippen LogP contribution in [0.4, 0.5) is 10.5 Å². The Kier molecular flexibility index (Phi) is 10.0. The van der Waals surface area contributed by atoms with E-state index in [0.717, 1.165) is 67.9 Å². The van der Waals surface area contributed by atoms with Gasteiger partial charge in [-0.3, -0.25) is 10.1 Å². The minimum absolute atomic E-state index is 0.0337. The van der Waals surface area contributed by atoms with E-state index < -0.39 is 5.60 Å². The Labute approximate surface area is 255 Å². The van der Waals surface area contributed by atoms with Crippen molar-refractivity contribution in [1.82, 2.24) is 4.90 Å². The van der Waals surface area contributed by atoms with E-state index >= 15 is 0 Å². The Balaban J connectivity index is 1.00. The standard InChI is InChI=1S/C36H44N2O5/c1-4-36(2,3)43-34(39)19-21-41-30-16-14-26(15-17-30)18-20-38-24-28-22-31(23-29(28)25-38)42-35(40)37-33-13-9-8-12-32(33)27-10-6-5-7-11-27/h5-17,28-29,31H,4,18-25H2,1-3H3,(H,37,40)/t28-,29+,31+. The van der Waals surface area contributed by atoms with E-state index in [4.69, 9.17) is 14.2 Å². The van der Waals surface area contributed by atoms with Crippen molar-refractivity contribution in [3.63, 3.8) is 0 Å². The van der Waals surface area contributed by atoms with Crippen LogP contribution in [-0.2, 0) is 20.7 Å². The average Bonchev–Trinajstić information content (AvgIpc) is 3.55. The summed E-state index contributed by atoms with van der Waals surface area (Å²) in [6, 6.07) is 26.0. The van der Waals surface area contributed by atoms with Gasteiger partial charge in [0.15, 0.2) is 0 Å². The molecule has 5 rings (SSSR count). The molecule has 1 saturated carbocycles. The SMILES string of the molecule is CCC(C)(C)OC(=O)CCOc1ccc(CCN2C[C@H]3C[C@H](OC(=O)Nc4ccccc4-c4ccccc4)C[C@H]3C2)cc1. The molecule has 2 aliphatic rings. The third kappa shape index (κ3) is 8.60. The van der Waals surface area contributed by atoms with Crippen molar-refractivity contribution in [1.29, 1.82) is 0 Å². The molecule has 0 aromatic heterocycles. The zero-order valence-electron chi connectivity index (χ0n) is 25.6. The molecule has 1 N–H and O–H groups in total.